The van der Waals surface area contributed by atoms with Crippen molar-refractivity contribution in [2.45, 2.75) is 32.7 Å². The Hall–Kier alpha value is -3.11. The summed E-state index contributed by atoms with van der Waals surface area (Å²) in [5.74, 6) is -1.43. The van der Waals surface area contributed by atoms with Crippen molar-refractivity contribution in [2.75, 3.05) is 11.9 Å². The zero-order chi connectivity index (χ0) is 20.3. The number of anilines is 1. The van der Waals surface area contributed by atoms with Crippen LogP contribution in [0.15, 0.2) is 30.0 Å². The SMILES string of the molecule is Cc1cc(/C=C(\C#N)C(=O)OCC(=O)Nc2cccnc2Cl)c(C)n1C1CC1. The molecule has 3 rings (SSSR count). The summed E-state index contributed by atoms with van der Waals surface area (Å²) in [6.45, 7) is 3.42. The Labute approximate surface area is 167 Å². The van der Waals surface area contributed by atoms with Crippen LogP contribution in [0, 0.1) is 25.2 Å². The molecule has 0 radical (unpaired) electrons. The Morgan fingerprint density at radius 3 is 2.86 bits per heavy atom. The van der Waals surface area contributed by atoms with Gasteiger partial charge in [0.2, 0.25) is 0 Å². The van der Waals surface area contributed by atoms with E-state index >= 15 is 0 Å². The van der Waals surface area contributed by atoms with Gasteiger partial charge in [0.15, 0.2) is 11.8 Å². The Balaban J connectivity index is 1.65. The van der Waals surface area contributed by atoms with Gasteiger partial charge in [-0.05, 0) is 56.5 Å². The number of nitriles is 1. The number of ether oxygens (including phenoxy) is 1. The minimum atomic E-state index is -0.855. The zero-order valence-electron chi connectivity index (χ0n) is 15.5. The molecule has 1 saturated carbocycles. The molecule has 2 aromatic rings. The summed E-state index contributed by atoms with van der Waals surface area (Å²) in [6, 6.07) is 7.48. The molecule has 1 amide bonds. The second-order valence-electron chi connectivity index (χ2n) is 6.56. The molecule has 144 valence electrons. The van der Waals surface area contributed by atoms with Crippen LogP contribution in [0.4, 0.5) is 5.69 Å². The number of hydrogen-bond acceptors (Lipinski definition) is 5. The molecule has 2 aromatic heterocycles. The van der Waals surface area contributed by atoms with Crippen molar-refractivity contribution in [1.82, 2.24) is 9.55 Å². The van der Waals surface area contributed by atoms with Crippen molar-refractivity contribution in [2.24, 2.45) is 0 Å². The Bertz CT molecular complexity index is 999. The van der Waals surface area contributed by atoms with Crippen molar-refractivity contribution >= 4 is 35.2 Å². The van der Waals surface area contributed by atoms with E-state index < -0.39 is 18.5 Å². The summed E-state index contributed by atoms with van der Waals surface area (Å²) >= 11 is 5.86. The Morgan fingerprint density at radius 2 is 2.21 bits per heavy atom. The first kappa shape index (κ1) is 19.6. The summed E-state index contributed by atoms with van der Waals surface area (Å²) in [6.07, 6.45) is 5.27. The van der Waals surface area contributed by atoms with E-state index in [0.29, 0.717) is 11.7 Å². The van der Waals surface area contributed by atoms with Crippen LogP contribution >= 0.6 is 11.6 Å². The highest BCUT2D eigenvalue weighted by atomic mass is 35.5. The van der Waals surface area contributed by atoms with Gasteiger partial charge in [0, 0.05) is 23.6 Å². The van der Waals surface area contributed by atoms with E-state index in [2.05, 4.69) is 14.9 Å². The summed E-state index contributed by atoms with van der Waals surface area (Å²) in [7, 11) is 0. The summed E-state index contributed by atoms with van der Waals surface area (Å²) in [5, 5.41) is 12.0. The molecule has 1 N–H and O–H groups in total. The van der Waals surface area contributed by atoms with Crippen molar-refractivity contribution in [3.63, 3.8) is 0 Å². The van der Waals surface area contributed by atoms with Gasteiger partial charge in [-0.15, -0.1) is 0 Å². The van der Waals surface area contributed by atoms with E-state index in [1.807, 2.05) is 26.0 Å². The lowest BCUT2D eigenvalue weighted by Crippen LogP contribution is -2.21. The van der Waals surface area contributed by atoms with Crippen LogP contribution in [0.3, 0.4) is 0 Å². The number of hydrogen-bond donors (Lipinski definition) is 1. The molecule has 0 spiro atoms. The number of carbonyl (C=O) groups excluding carboxylic acids is 2. The van der Waals surface area contributed by atoms with Crippen LogP contribution in [0.25, 0.3) is 6.08 Å². The third-order valence-corrected chi connectivity index (χ3v) is 4.74. The van der Waals surface area contributed by atoms with Crippen LogP contribution < -0.4 is 5.32 Å². The normalized spacial score (nSPS) is 13.7. The predicted octanol–water partition coefficient (Wildman–Crippen LogP) is 3.58. The van der Waals surface area contributed by atoms with E-state index in [-0.39, 0.29) is 10.7 Å². The van der Waals surface area contributed by atoms with Gasteiger partial charge in [-0.2, -0.15) is 5.26 Å². The van der Waals surface area contributed by atoms with Crippen molar-refractivity contribution < 1.29 is 14.3 Å². The van der Waals surface area contributed by atoms with E-state index in [0.717, 1.165) is 29.8 Å². The highest BCUT2D eigenvalue weighted by molar-refractivity contribution is 6.32. The van der Waals surface area contributed by atoms with Crippen molar-refractivity contribution in [1.29, 1.82) is 5.26 Å². The van der Waals surface area contributed by atoms with Crippen LogP contribution in [-0.2, 0) is 14.3 Å². The van der Waals surface area contributed by atoms with Crippen LogP contribution in [-0.4, -0.2) is 28.0 Å². The highest BCUT2D eigenvalue weighted by Crippen LogP contribution is 2.38. The fourth-order valence-electron chi connectivity index (χ4n) is 3.01. The van der Waals surface area contributed by atoms with Gasteiger partial charge < -0.3 is 14.6 Å². The number of aryl methyl sites for hydroxylation is 1. The maximum absolute atomic E-state index is 12.2. The number of esters is 1. The van der Waals surface area contributed by atoms with E-state index in [1.54, 1.807) is 12.1 Å². The van der Waals surface area contributed by atoms with Crippen molar-refractivity contribution in [3.8, 4) is 6.07 Å². The number of halogens is 1. The maximum atomic E-state index is 12.2. The minimum Gasteiger partial charge on any atom is -0.451 e. The van der Waals surface area contributed by atoms with Gasteiger partial charge in [-0.25, -0.2) is 9.78 Å². The molecule has 8 heteroatoms. The molecule has 0 atom stereocenters. The van der Waals surface area contributed by atoms with Gasteiger partial charge in [0.25, 0.3) is 5.91 Å². The summed E-state index contributed by atoms with van der Waals surface area (Å²) in [4.78, 5) is 28.0. The van der Waals surface area contributed by atoms with Crippen LogP contribution in [0.1, 0.15) is 35.8 Å². The maximum Gasteiger partial charge on any atom is 0.349 e. The van der Waals surface area contributed by atoms with Gasteiger partial charge in [0.1, 0.15) is 11.6 Å². The molecule has 1 aliphatic carbocycles. The first-order valence-electron chi connectivity index (χ1n) is 8.78. The third-order valence-electron chi connectivity index (χ3n) is 4.44. The third kappa shape index (κ3) is 4.41. The lowest BCUT2D eigenvalue weighted by molar-refractivity contribution is -0.142. The number of carbonyl (C=O) groups is 2. The number of pyridine rings is 1. The minimum absolute atomic E-state index is 0.130. The Morgan fingerprint density at radius 1 is 1.46 bits per heavy atom. The van der Waals surface area contributed by atoms with Crippen molar-refractivity contribution in [3.05, 3.63) is 52.1 Å². The predicted molar refractivity (Wildman–Crippen MR) is 105 cm³/mol. The second-order valence-corrected chi connectivity index (χ2v) is 6.92. The first-order valence-corrected chi connectivity index (χ1v) is 9.16. The van der Waals surface area contributed by atoms with E-state index in [9.17, 15) is 14.9 Å². The largest absolute Gasteiger partial charge is 0.451 e. The van der Waals surface area contributed by atoms with E-state index in [4.69, 9.17) is 16.3 Å². The Kier molecular flexibility index (Phi) is 5.81. The molecule has 0 aromatic carbocycles. The zero-order valence-corrected chi connectivity index (χ0v) is 16.3. The summed E-state index contributed by atoms with van der Waals surface area (Å²) < 4.78 is 7.19. The topological polar surface area (TPSA) is 97.0 Å². The molecule has 0 saturated heterocycles. The van der Waals surface area contributed by atoms with Crippen LogP contribution in [0.5, 0.6) is 0 Å². The van der Waals surface area contributed by atoms with Crippen LogP contribution in [0.2, 0.25) is 5.15 Å². The van der Waals surface area contributed by atoms with Gasteiger partial charge in [0.05, 0.1) is 5.69 Å². The highest BCUT2D eigenvalue weighted by Gasteiger charge is 2.27. The molecule has 1 fully saturated rings. The number of nitrogens with one attached hydrogen (secondary N) is 1. The molecule has 2 heterocycles. The average molecular weight is 399 g/mol. The molecule has 28 heavy (non-hydrogen) atoms. The fourth-order valence-corrected chi connectivity index (χ4v) is 3.18. The summed E-state index contributed by atoms with van der Waals surface area (Å²) in [5.41, 5.74) is 3.04. The average Bonchev–Trinajstić information content (AvgIpc) is 3.45. The number of aromatic nitrogens is 2. The quantitative estimate of drug-likeness (QED) is 0.347. The second kappa shape index (κ2) is 8.28. The molecular weight excluding hydrogens is 380 g/mol. The molecule has 0 unspecified atom stereocenters. The number of nitrogens with zero attached hydrogens (tertiary/aromatic N) is 3. The first-order chi connectivity index (χ1) is 13.4. The lowest BCUT2D eigenvalue weighted by atomic mass is 10.1. The molecule has 7 nitrogen and oxygen atoms in total. The lowest BCUT2D eigenvalue weighted by Gasteiger charge is -2.07. The molecular formula is C20H19ClN4O3. The number of rotatable bonds is 6. The van der Waals surface area contributed by atoms with Gasteiger partial charge in [-0.3, -0.25) is 4.79 Å². The number of amides is 1. The van der Waals surface area contributed by atoms with E-state index in [1.165, 1.54) is 12.3 Å². The molecule has 0 aliphatic heterocycles. The standard InChI is InChI=1S/C20H19ClN4O3/c1-12-8-14(13(2)25(12)16-5-6-16)9-15(10-22)20(27)28-11-18(26)24-17-4-3-7-23-19(17)21/h3-4,7-9,16H,5-6,11H2,1-2H3,(H,24,26)/b15-9+. The smallest absolute Gasteiger partial charge is 0.349 e. The molecule has 1 aliphatic rings. The fraction of sp³-hybridized carbons (Fsp3) is 0.300. The van der Waals surface area contributed by atoms with Gasteiger partial charge in [-0.1, -0.05) is 11.6 Å². The van der Waals surface area contributed by atoms with Gasteiger partial charge >= 0.3 is 5.97 Å². The molecule has 0 bridgehead atoms. The monoisotopic (exact) mass is 398 g/mol.